The van der Waals surface area contributed by atoms with Crippen molar-refractivity contribution in [3.05, 3.63) is 66.6 Å². The summed E-state index contributed by atoms with van der Waals surface area (Å²) >= 11 is 1.73. The van der Waals surface area contributed by atoms with Gasteiger partial charge in [0.2, 0.25) is 0 Å². The third-order valence-corrected chi connectivity index (χ3v) is 9.17. The van der Waals surface area contributed by atoms with E-state index in [1.807, 2.05) is 57.2 Å². The molecule has 4 aromatic rings. The highest BCUT2D eigenvalue weighted by molar-refractivity contribution is 7.99. The van der Waals surface area contributed by atoms with Crippen LogP contribution in [0.5, 0.6) is 5.75 Å². The number of benzene rings is 2. The van der Waals surface area contributed by atoms with Crippen molar-refractivity contribution in [3.63, 3.8) is 0 Å². The SMILES string of the molecule is CC(C)(C)c1cc(NC(=O)Nc2ccc(-n3cc(-c4ccc(OCCN5CCOCC5)cc4)nc3SCCN3CCOCC3)cc2)no1. The van der Waals surface area contributed by atoms with E-state index in [2.05, 4.69) is 48.5 Å². The molecule has 2 fully saturated rings. The van der Waals surface area contributed by atoms with Crippen LogP contribution < -0.4 is 15.4 Å². The van der Waals surface area contributed by atoms with E-state index in [0.29, 0.717) is 23.9 Å². The Morgan fingerprint density at radius 1 is 0.896 bits per heavy atom. The summed E-state index contributed by atoms with van der Waals surface area (Å²) in [6.07, 6.45) is 2.07. The molecule has 2 aromatic heterocycles. The van der Waals surface area contributed by atoms with Crippen LogP contribution in [0, 0.1) is 0 Å². The van der Waals surface area contributed by atoms with E-state index in [9.17, 15) is 4.79 Å². The maximum Gasteiger partial charge on any atom is 0.324 e. The Hall–Kier alpha value is -3.88. The van der Waals surface area contributed by atoms with Crippen LogP contribution in [0.25, 0.3) is 16.9 Å². The Balaban J connectivity index is 1.11. The summed E-state index contributed by atoms with van der Waals surface area (Å²) in [4.78, 5) is 22.5. The number of imidazole rings is 1. The molecule has 48 heavy (non-hydrogen) atoms. The Labute approximate surface area is 286 Å². The number of hydrogen-bond acceptors (Lipinski definition) is 10. The van der Waals surface area contributed by atoms with Gasteiger partial charge in [0.05, 0.1) is 32.1 Å². The largest absolute Gasteiger partial charge is 0.492 e. The lowest BCUT2D eigenvalue weighted by molar-refractivity contribution is 0.0322. The first-order valence-corrected chi connectivity index (χ1v) is 17.5. The van der Waals surface area contributed by atoms with Crippen molar-refractivity contribution in [2.24, 2.45) is 0 Å². The zero-order valence-electron chi connectivity index (χ0n) is 27.9. The molecule has 2 aliphatic rings. The van der Waals surface area contributed by atoms with E-state index in [1.165, 1.54) is 0 Å². The van der Waals surface area contributed by atoms with E-state index in [-0.39, 0.29) is 5.41 Å². The summed E-state index contributed by atoms with van der Waals surface area (Å²) in [6.45, 7) is 15.5. The molecule has 2 aromatic carbocycles. The molecule has 2 N–H and O–H groups in total. The molecule has 2 amide bonds. The fourth-order valence-corrected chi connectivity index (χ4v) is 6.38. The fourth-order valence-electron chi connectivity index (χ4n) is 5.39. The summed E-state index contributed by atoms with van der Waals surface area (Å²) in [7, 11) is 0. The number of thioether (sulfide) groups is 1. The van der Waals surface area contributed by atoms with Gasteiger partial charge in [-0.2, -0.15) is 0 Å². The normalized spacial score (nSPS) is 16.1. The van der Waals surface area contributed by atoms with Gasteiger partial charge in [0.1, 0.15) is 18.1 Å². The number of rotatable bonds is 12. The molecule has 12 nitrogen and oxygen atoms in total. The second-order valence-electron chi connectivity index (χ2n) is 12.9. The summed E-state index contributed by atoms with van der Waals surface area (Å²) in [6, 6.07) is 17.2. The number of carbonyl (C=O) groups excluding carboxylic acids is 1. The van der Waals surface area contributed by atoms with Gasteiger partial charge in [-0.15, -0.1) is 0 Å². The van der Waals surface area contributed by atoms with Gasteiger partial charge in [0.15, 0.2) is 11.0 Å². The number of morpholine rings is 2. The first-order valence-electron chi connectivity index (χ1n) is 16.5. The number of anilines is 2. The van der Waals surface area contributed by atoms with Crippen molar-refractivity contribution in [1.82, 2.24) is 24.5 Å². The van der Waals surface area contributed by atoms with Crippen LogP contribution in [0.3, 0.4) is 0 Å². The van der Waals surface area contributed by atoms with Crippen molar-refractivity contribution >= 4 is 29.3 Å². The van der Waals surface area contributed by atoms with Crippen molar-refractivity contribution in [1.29, 1.82) is 0 Å². The minimum atomic E-state index is -0.394. The predicted molar refractivity (Wildman–Crippen MR) is 188 cm³/mol. The fraction of sp³-hybridized carbons (Fsp3) is 0.457. The molecule has 256 valence electrons. The average molecular weight is 676 g/mol. The minimum Gasteiger partial charge on any atom is -0.492 e. The lowest BCUT2D eigenvalue weighted by atomic mass is 9.93. The van der Waals surface area contributed by atoms with E-state index in [0.717, 1.165) is 99.3 Å². The van der Waals surface area contributed by atoms with Crippen molar-refractivity contribution in [2.45, 2.75) is 31.3 Å². The lowest BCUT2D eigenvalue weighted by Crippen LogP contribution is -2.38. The van der Waals surface area contributed by atoms with Crippen LogP contribution in [-0.4, -0.2) is 109 Å². The van der Waals surface area contributed by atoms with Crippen LogP contribution in [0.2, 0.25) is 0 Å². The summed E-state index contributed by atoms with van der Waals surface area (Å²) in [5.41, 5.74) is 3.30. The van der Waals surface area contributed by atoms with Crippen LogP contribution in [0.4, 0.5) is 16.3 Å². The number of aromatic nitrogens is 3. The third-order valence-electron chi connectivity index (χ3n) is 8.24. The second kappa shape index (κ2) is 16.0. The van der Waals surface area contributed by atoms with Gasteiger partial charge >= 0.3 is 6.03 Å². The molecule has 4 heterocycles. The second-order valence-corrected chi connectivity index (χ2v) is 13.9. The standard InChI is InChI=1S/C35H45N7O5S/c1-35(2,3)31-24-32(39-47-31)38-33(43)36-27-6-8-28(9-7-27)42-25-30(37-34(42)48-23-17-41-14-20-45-21-15-41)26-4-10-29(11-5-26)46-22-16-40-12-18-44-19-13-40/h4-11,24-25H,12-23H2,1-3H3,(H2,36,38,39,43). The number of amides is 2. The lowest BCUT2D eigenvalue weighted by Gasteiger charge is -2.26. The molecule has 2 aliphatic heterocycles. The molecule has 2 saturated heterocycles. The summed E-state index contributed by atoms with van der Waals surface area (Å²) < 4.78 is 24.5. The third kappa shape index (κ3) is 9.38. The quantitative estimate of drug-likeness (QED) is 0.184. The van der Waals surface area contributed by atoms with Crippen LogP contribution >= 0.6 is 11.8 Å². The zero-order chi connectivity index (χ0) is 33.3. The Kier molecular flexibility index (Phi) is 11.3. The number of ether oxygens (including phenoxy) is 3. The first kappa shape index (κ1) is 34.0. The smallest absolute Gasteiger partial charge is 0.324 e. The van der Waals surface area contributed by atoms with Gasteiger partial charge in [-0.1, -0.05) is 37.7 Å². The summed E-state index contributed by atoms with van der Waals surface area (Å²) in [5, 5.41) is 10.5. The number of urea groups is 1. The van der Waals surface area contributed by atoms with Gasteiger partial charge in [-0.05, 0) is 48.5 Å². The van der Waals surface area contributed by atoms with E-state index in [1.54, 1.807) is 17.8 Å². The van der Waals surface area contributed by atoms with Gasteiger partial charge in [0, 0.05) is 79.6 Å². The Morgan fingerprint density at radius 2 is 1.56 bits per heavy atom. The van der Waals surface area contributed by atoms with Crippen molar-refractivity contribution in [2.75, 3.05) is 88.7 Å². The van der Waals surface area contributed by atoms with Crippen LogP contribution in [-0.2, 0) is 14.9 Å². The van der Waals surface area contributed by atoms with Gasteiger partial charge in [-0.25, -0.2) is 9.78 Å². The highest BCUT2D eigenvalue weighted by Gasteiger charge is 2.21. The molecule has 0 radical (unpaired) electrons. The first-order chi connectivity index (χ1) is 23.3. The maximum absolute atomic E-state index is 12.7. The minimum absolute atomic E-state index is 0.201. The number of hydrogen-bond donors (Lipinski definition) is 2. The van der Waals surface area contributed by atoms with Crippen LogP contribution in [0.1, 0.15) is 26.5 Å². The predicted octanol–water partition coefficient (Wildman–Crippen LogP) is 5.60. The number of nitrogens with one attached hydrogen (secondary N) is 2. The van der Waals surface area contributed by atoms with Crippen LogP contribution in [0.15, 0.2) is 70.5 Å². The Morgan fingerprint density at radius 3 is 2.21 bits per heavy atom. The topological polar surface area (TPSA) is 119 Å². The van der Waals surface area contributed by atoms with Gasteiger partial charge in [-0.3, -0.25) is 19.7 Å². The zero-order valence-corrected chi connectivity index (χ0v) is 28.8. The Bertz CT molecular complexity index is 1610. The number of carbonyl (C=O) groups is 1. The molecular formula is C35H45N7O5S. The van der Waals surface area contributed by atoms with Crippen molar-refractivity contribution < 1.29 is 23.5 Å². The molecule has 0 aliphatic carbocycles. The summed E-state index contributed by atoms with van der Waals surface area (Å²) in [5.74, 6) is 2.82. The van der Waals surface area contributed by atoms with Crippen molar-refractivity contribution in [3.8, 4) is 22.7 Å². The molecule has 6 rings (SSSR count). The molecule has 13 heteroatoms. The molecule has 0 saturated carbocycles. The van der Waals surface area contributed by atoms with Gasteiger partial charge in [0.25, 0.3) is 0 Å². The highest BCUT2D eigenvalue weighted by Crippen LogP contribution is 2.29. The van der Waals surface area contributed by atoms with E-state index >= 15 is 0 Å². The molecule has 0 bridgehead atoms. The maximum atomic E-state index is 12.7. The molecule has 0 atom stereocenters. The molecular weight excluding hydrogens is 630 g/mol. The van der Waals surface area contributed by atoms with E-state index in [4.69, 9.17) is 23.7 Å². The molecule has 0 unspecified atom stereocenters. The highest BCUT2D eigenvalue weighted by atomic mass is 32.2. The molecule has 0 spiro atoms. The van der Waals surface area contributed by atoms with Gasteiger partial charge < -0.3 is 24.1 Å². The average Bonchev–Trinajstić information content (AvgIpc) is 3.74. The monoisotopic (exact) mass is 675 g/mol. The number of nitrogens with zero attached hydrogens (tertiary/aromatic N) is 5. The van der Waals surface area contributed by atoms with E-state index < -0.39 is 6.03 Å².